The van der Waals surface area contributed by atoms with Gasteiger partial charge in [-0.2, -0.15) is 13.2 Å². The lowest BCUT2D eigenvalue weighted by atomic mass is 10.1. The first-order valence-corrected chi connectivity index (χ1v) is 6.99. The van der Waals surface area contributed by atoms with E-state index in [-0.39, 0.29) is 17.8 Å². The Bertz CT molecular complexity index is 386. The summed E-state index contributed by atoms with van der Waals surface area (Å²) in [5.41, 5.74) is -0.675. The maximum Gasteiger partial charge on any atom is 0.490 e. The van der Waals surface area contributed by atoms with Gasteiger partial charge in [-0.25, -0.2) is 4.79 Å². The molecule has 1 aliphatic rings. The maximum atomic E-state index is 11.0. The quantitative estimate of drug-likeness (QED) is 0.654. The summed E-state index contributed by atoms with van der Waals surface area (Å²) in [6.45, 7) is 5.93. The van der Waals surface area contributed by atoms with Crippen molar-refractivity contribution in [2.75, 3.05) is 25.5 Å². The number of amides is 1. The number of nitrogens with one attached hydrogen (secondary N) is 1. The number of halogens is 4. The molecule has 1 heterocycles. The first-order chi connectivity index (χ1) is 9.85. The number of β-amino-alcohol motifs (C(OH)–C–C–N with tert-alkyl or cyclic N) is 1. The van der Waals surface area contributed by atoms with Crippen LogP contribution in [0.2, 0.25) is 0 Å². The summed E-state index contributed by atoms with van der Waals surface area (Å²) in [6, 6.07) is 0.179. The molecule has 130 valence electrons. The van der Waals surface area contributed by atoms with Crippen LogP contribution in [0, 0.1) is 0 Å². The number of likely N-dealkylation sites (tertiary alicyclic amines) is 1. The molecule has 1 atom stereocenters. The fourth-order valence-corrected chi connectivity index (χ4v) is 1.98. The van der Waals surface area contributed by atoms with E-state index in [2.05, 4.69) is 10.2 Å². The standard InChI is InChI=1S/C10H19ClN2O2.C2HF3O2/c1-10(2,15)7-13-4-3-8(6-13)12-9(14)5-11;3-2(4,5)1(6)7/h8,15H,3-7H2,1-2H3,(H,12,14);(H,6,7)/t8-;/m0./s1. The third kappa shape index (κ3) is 9.80. The van der Waals surface area contributed by atoms with Gasteiger partial charge in [0.2, 0.25) is 5.91 Å². The van der Waals surface area contributed by atoms with Gasteiger partial charge in [0.05, 0.1) is 5.60 Å². The van der Waals surface area contributed by atoms with E-state index in [1.165, 1.54) is 0 Å². The topological polar surface area (TPSA) is 89.9 Å². The van der Waals surface area contributed by atoms with Crippen molar-refractivity contribution in [1.82, 2.24) is 10.2 Å². The highest BCUT2D eigenvalue weighted by Crippen LogP contribution is 2.14. The minimum Gasteiger partial charge on any atom is -0.475 e. The third-order valence-electron chi connectivity index (χ3n) is 2.61. The lowest BCUT2D eigenvalue weighted by Gasteiger charge is -2.25. The molecule has 0 aromatic rings. The molecule has 0 aliphatic carbocycles. The van der Waals surface area contributed by atoms with Crippen LogP contribution in [0.4, 0.5) is 13.2 Å². The predicted octanol–water partition coefficient (Wildman–Crippen LogP) is 0.820. The van der Waals surface area contributed by atoms with E-state index in [1.807, 2.05) is 0 Å². The molecule has 0 aromatic heterocycles. The van der Waals surface area contributed by atoms with Crippen molar-refractivity contribution in [2.45, 2.75) is 38.1 Å². The Balaban J connectivity index is 0.000000534. The highest BCUT2D eigenvalue weighted by atomic mass is 35.5. The van der Waals surface area contributed by atoms with Crippen molar-refractivity contribution in [3.05, 3.63) is 0 Å². The highest BCUT2D eigenvalue weighted by Gasteiger charge is 2.38. The monoisotopic (exact) mass is 348 g/mol. The zero-order chi connectivity index (χ0) is 17.6. The largest absolute Gasteiger partial charge is 0.490 e. The van der Waals surface area contributed by atoms with E-state index in [0.717, 1.165) is 19.5 Å². The second-order valence-corrected chi connectivity index (χ2v) is 5.80. The van der Waals surface area contributed by atoms with Crippen molar-refractivity contribution in [1.29, 1.82) is 0 Å². The van der Waals surface area contributed by atoms with Crippen LogP contribution in [0.3, 0.4) is 0 Å². The molecule has 1 saturated heterocycles. The smallest absolute Gasteiger partial charge is 0.475 e. The molecule has 0 radical (unpaired) electrons. The molecule has 0 spiro atoms. The Kier molecular flexibility index (Phi) is 8.13. The number of hydrogen-bond donors (Lipinski definition) is 3. The first-order valence-electron chi connectivity index (χ1n) is 6.45. The van der Waals surface area contributed by atoms with Gasteiger partial charge in [-0.1, -0.05) is 0 Å². The number of nitrogens with zero attached hydrogens (tertiary/aromatic N) is 1. The van der Waals surface area contributed by atoms with Gasteiger partial charge in [-0.3, -0.25) is 9.69 Å². The third-order valence-corrected chi connectivity index (χ3v) is 2.85. The number of carbonyl (C=O) groups is 2. The van der Waals surface area contributed by atoms with Crippen molar-refractivity contribution in [3.8, 4) is 0 Å². The Morgan fingerprint density at radius 1 is 1.36 bits per heavy atom. The van der Waals surface area contributed by atoms with Crippen LogP contribution in [-0.4, -0.2) is 70.3 Å². The molecule has 6 nitrogen and oxygen atoms in total. The molecule has 1 fully saturated rings. The molecule has 0 bridgehead atoms. The van der Waals surface area contributed by atoms with Crippen molar-refractivity contribution < 1.29 is 33.0 Å². The summed E-state index contributed by atoms with van der Waals surface area (Å²) < 4.78 is 31.7. The number of aliphatic hydroxyl groups is 1. The van der Waals surface area contributed by atoms with Crippen LogP contribution in [-0.2, 0) is 9.59 Å². The average molecular weight is 349 g/mol. The van der Waals surface area contributed by atoms with E-state index < -0.39 is 17.7 Å². The van der Waals surface area contributed by atoms with Gasteiger partial charge in [0.25, 0.3) is 0 Å². The van der Waals surface area contributed by atoms with E-state index in [0.29, 0.717) is 6.54 Å². The molecular weight excluding hydrogens is 329 g/mol. The van der Waals surface area contributed by atoms with Crippen molar-refractivity contribution in [2.24, 2.45) is 0 Å². The SMILES string of the molecule is CC(C)(O)CN1CC[C@H](NC(=O)CCl)C1.O=C(O)C(F)(F)F. The maximum absolute atomic E-state index is 11.0. The zero-order valence-corrected chi connectivity index (χ0v) is 13.0. The number of carbonyl (C=O) groups excluding carboxylic acids is 1. The van der Waals surface area contributed by atoms with Crippen LogP contribution >= 0.6 is 11.6 Å². The van der Waals surface area contributed by atoms with E-state index in [1.54, 1.807) is 13.8 Å². The summed E-state index contributed by atoms with van der Waals surface area (Å²) in [5.74, 6) is -2.86. The van der Waals surface area contributed by atoms with E-state index >= 15 is 0 Å². The molecule has 1 rings (SSSR count). The average Bonchev–Trinajstić information content (AvgIpc) is 2.73. The Labute approximate surface area is 131 Å². The molecule has 0 saturated carbocycles. The predicted molar refractivity (Wildman–Crippen MR) is 73.7 cm³/mol. The summed E-state index contributed by atoms with van der Waals surface area (Å²) in [5, 5.41) is 19.6. The molecule has 1 amide bonds. The van der Waals surface area contributed by atoms with Crippen LogP contribution < -0.4 is 5.32 Å². The Morgan fingerprint density at radius 3 is 2.23 bits per heavy atom. The van der Waals surface area contributed by atoms with E-state index in [4.69, 9.17) is 21.5 Å². The van der Waals surface area contributed by atoms with Gasteiger partial charge in [-0.15, -0.1) is 11.6 Å². The normalized spacial score (nSPS) is 19.3. The fourth-order valence-electron chi connectivity index (χ4n) is 1.91. The van der Waals surface area contributed by atoms with Crippen LogP contribution in [0.25, 0.3) is 0 Å². The second kappa shape index (κ2) is 8.54. The van der Waals surface area contributed by atoms with Crippen LogP contribution in [0.15, 0.2) is 0 Å². The molecular formula is C12H20ClF3N2O4. The van der Waals surface area contributed by atoms with Gasteiger partial charge in [-0.05, 0) is 20.3 Å². The lowest BCUT2D eigenvalue weighted by molar-refractivity contribution is -0.192. The first kappa shape index (κ1) is 20.9. The fraction of sp³-hybridized carbons (Fsp3) is 0.833. The number of carboxylic acid groups (broad SMARTS) is 1. The molecule has 22 heavy (non-hydrogen) atoms. The summed E-state index contributed by atoms with van der Waals surface area (Å²) in [6.07, 6.45) is -4.15. The van der Waals surface area contributed by atoms with Crippen molar-refractivity contribution in [3.63, 3.8) is 0 Å². The number of alkyl halides is 4. The lowest BCUT2D eigenvalue weighted by Crippen LogP contribution is -2.41. The molecule has 1 aliphatic heterocycles. The summed E-state index contributed by atoms with van der Waals surface area (Å²) in [7, 11) is 0. The van der Waals surface area contributed by atoms with Crippen LogP contribution in [0.1, 0.15) is 20.3 Å². The van der Waals surface area contributed by atoms with Gasteiger partial charge in [0.15, 0.2) is 0 Å². The van der Waals surface area contributed by atoms with Gasteiger partial charge >= 0.3 is 12.1 Å². The van der Waals surface area contributed by atoms with E-state index in [9.17, 15) is 23.1 Å². The summed E-state index contributed by atoms with van der Waals surface area (Å²) >= 11 is 5.41. The molecule has 3 N–H and O–H groups in total. The molecule has 0 unspecified atom stereocenters. The van der Waals surface area contributed by atoms with Crippen LogP contribution in [0.5, 0.6) is 0 Å². The second-order valence-electron chi connectivity index (χ2n) is 5.54. The molecule has 10 heteroatoms. The Morgan fingerprint density at radius 2 is 1.86 bits per heavy atom. The number of aliphatic carboxylic acids is 1. The molecule has 0 aromatic carbocycles. The van der Waals surface area contributed by atoms with Gasteiger partial charge < -0.3 is 15.5 Å². The number of carboxylic acids is 1. The number of hydrogen-bond acceptors (Lipinski definition) is 4. The summed E-state index contributed by atoms with van der Waals surface area (Å²) in [4.78, 5) is 22.1. The Hall–Kier alpha value is -1.06. The highest BCUT2D eigenvalue weighted by molar-refractivity contribution is 6.27. The van der Waals surface area contributed by atoms with Gasteiger partial charge in [0.1, 0.15) is 5.88 Å². The number of rotatable bonds is 4. The minimum atomic E-state index is -5.08. The van der Waals surface area contributed by atoms with Crippen molar-refractivity contribution >= 4 is 23.5 Å². The zero-order valence-electron chi connectivity index (χ0n) is 12.3. The van der Waals surface area contributed by atoms with Gasteiger partial charge in [0, 0.05) is 25.7 Å². The minimum absolute atomic E-state index is 0.0159.